The minimum atomic E-state index is 0.570. The summed E-state index contributed by atoms with van der Waals surface area (Å²) < 4.78 is 0. The Labute approximate surface area is 61.9 Å². The Morgan fingerprint density at radius 1 is 1.10 bits per heavy atom. The predicted octanol–water partition coefficient (Wildman–Crippen LogP) is 2.72. The van der Waals surface area contributed by atoms with Gasteiger partial charge in [-0.15, -0.1) is 0 Å². The molecule has 1 aromatic rings. The van der Waals surface area contributed by atoms with E-state index in [2.05, 4.69) is 13.8 Å². The van der Waals surface area contributed by atoms with E-state index in [0.29, 0.717) is 11.6 Å². The summed E-state index contributed by atoms with van der Waals surface area (Å²) in [7, 11) is 0. The van der Waals surface area contributed by atoms with Crippen molar-refractivity contribution in [1.82, 2.24) is 5.73 Å². The van der Waals surface area contributed by atoms with Gasteiger partial charge in [0, 0.05) is 0 Å². The van der Waals surface area contributed by atoms with Gasteiger partial charge in [-0.3, -0.25) is 0 Å². The van der Waals surface area contributed by atoms with Crippen molar-refractivity contribution in [3.05, 3.63) is 29.8 Å². The van der Waals surface area contributed by atoms with Gasteiger partial charge in [-0.25, -0.2) is 0 Å². The number of rotatable bonds is 1. The van der Waals surface area contributed by atoms with Crippen molar-refractivity contribution >= 4 is 5.69 Å². The lowest BCUT2D eigenvalue weighted by Crippen LogP contribution is -1.84. The van der Waals surface area contributed by atoms with E-state index in [1.165, 1.54) is 5.56 Å². The lowest BCUT2D eigenvalue weighted by Gasteiger charge is -2.03. The van der Waals surface area contributed by atoms with Crippen molar-refractivity contribution in [2.24, 2.45) is 0 Å². The van der Waals surface area contributed by atoms with Gasteiger partial charge in [0.1, 0.15) is 0 Å². The largest absolute Gasteiger partial charge is 0.301 e. The summed E-state index contributed by atoms with van der Waals surface area (Å²) in [5.41, 5.74) is 9.12. The summed E-state index contributed by atoms with van der Waals surface area (Å²) in [6.45, 7) is 4.30. The van der Waals surface area contributed by atoms with Crippen molar-refractivity contribution in [3.8, 4) is 0 Å². The fourth-order valence-corrected chi connectivity index (χ4v) is 0.868. The highest BCUT2D eigenvalue weighted by Crippen LogP contribution is 2.15. The molecular formula is C9H12N. The van der Waals surface area contributed by atoms with E-state index in [9.17, 15) is 0 Å². The van der Waals surface area contributed by atoms with Crippen LogP contribution in [0.25, 0.3) is 0 Å². The van der Waals surface area contributed by atoms with Crippen LogP contribution in [0.3, 0.4) is 0 Å². The van der Waals surface area contributed by atoms with E-state index in [0.717, 1.165) is 0 Å². The van der Waals surface area contributed by atoms with E-state index in [1.54, 1.807) is 0 Å². The molecule has 0 unspecified atom stereocenters. The Morgan fingerprint density at radius 3 is 2.00 bits per heavy atom. The van der Waals surface area contributed by atoms with Crippen molar-refractivity contribution in [2.75, 3.05) is 0 Å². The highest BCUT2D eigenvalue weighted by molar-refractivity contribution is 5.36. The predicted molar refractivity (Wildman–Crippen MR) is 43.3 cm³/mol. The molecule has 1 N–H and O–H groups in total. The van der Waals surface area contributed by atoms with Crippen LogP contribution in [0, 0.1) is 0 Å². The Balaban J connectivity index is 2.89. The van der Waals surface area contributed by atoms with Crippen LogP contribution in [0.4, 0.5) is 5.69 Å². The van der Waals surface area contributed by atoms with E-state index < -0.39 is 0 Å². The first kappa shape index (κ1) is 7.13. The first-order valence-electron chi connectivity index (χ1n) is 3.51. The topological polar surface area (TPSA) is 23.8 Å². The summed E-state index contributed by atoms with van der Waals surface area (Å²) >= 11 is 0. The minimum Gasteiger partial charge on any atom is -0.301 e. The fourth-order valence-electron chi connectivity index (χ4n) is 0.868. The normalized spacial score (nSPS) is 10.3. The molecular weight excluding hydrogens is 122 g/mol. The second-order valence-electron chi connectivity index (χ2n) is 2.78. The maximum Gasteiger partial charge on any atom is 0.0540 e. The van der Waals surface area contributed by atoms with Crippen LogP contribution in [-0.2, 0) is 0 Å². The van der Waals surface area contributed by atoms with E-state index in [1.807, 2.05) is 24.3 Å². The van der Waals surface area contributed by atoms with Crippen LogP contribution in [0.1, 0.15) is 25.3 Å². The lowest BCUT2D eigenvalue weighted by atomic mass is 10.0. The average Bonchev–Trinajstić information content (AvgIpc) is 1.88. The van der Waals surface area contributed by atoms with Crippen molar-refractivity contribution in [3.63, 3.8) is 0 Å². The SMILES string of the molecule is CC(C)c1ccc([NH])cc1. The zero-order valence-electron chi connectivity index (χ0n) is 6.39. The van der Waals surface area contributed by atoms with Gasteiger partial charge in [-0.1, -0.05) is 26.0 Å². The van der Waals surface area contributed by atoms with Crippen molar-refractivity contribution in [1.29, 1.82) is 0 Å². The monoisotopic (exact) mass is 134 g/mol. The zero-order chi connectivity index (χ0) is 7.56. The molecule has 0 bridgehead atoms. The number of hydrogen-bond donors (Lipinski definition) is 0. The summed E-state index contributed by atoms with van der Waals surface area (Å²) in [6.07, 6.45) is 0. The molecule has 0 heterocycles. The summed E-state index contributed by atoms with van der Waals surface area (Å²) in [6, 6.07) is 7.67. The average molecular weight is 134 g/mol. The summed E-state index contributed by atoms with van der Waals surface area (Å²) in [5.74, 6) is 0.570. The van der Waals surface area contributed by atoms with Crippen molar-refractivity contribution in [2.45, 2.75) is 19.8 Å². The maximum atomic E-state index is 7.23. The molecule has 1 aromatic carbocycles. The molecule has 53 valence electrons. The number of benzene rings is 1. The van der Waals surface area contributed by atoms with Crippen LogP contribution in [0.2, 0.25) is 0 Å². The smallest absolute Gasteiger partial charge is 0.0540 e. The molecule has 0 aliphatic heterocycles. The summed E-state index contributed by atoms with van der Waals surface area (Å²) in [5, 5.41) is 0. The third-order valence-corrected chi connectivity index (χ3v) is 1.58. The first-order valence-corrected chi connectivity index (χ1v) is 3.51. The quantitative estimate of drug-likeness (QED) is 0.564. The molecule has 0 aliphatic carbocycles. The molecule has 1 heteroatoms. The third kappa shape index (κ3) is 1.50. The van der Waals surface area contributed by atoms with Crippen LogP contribution in [0.5, 0.6) is 0 Å². The second kappa shape index (κ2) is 2.74. The number of hydrogen-bond acceptors (Lipinski definition) is 0. The van der Waals surface area contributed by atoms with Gasteiger partial charge in [0.15, 0.2) is 0 Å². The Bertz CT molecular complexity index is 198. The van der Waals surface area contributed by atoms with Crippen LogP contribution in [0.15, 0.2) is 24.3 Å². The standard InChI is InChI=1S/C9H12N/c1-7(2)8-3-5-9(10)6-4-8/h3-7,10H,1-2H3. The van der Waals surface area contributed by atoms with Gasteiger partial charge < -0.3 is 5.73 Å². The highest BCUT2D eigenvalue weighted by Gasteiger charge is 1.95. The van der Waals surface area contributed by atoms with E-state index >= 15 is 0 Å². The van der Waals surface area contributed by atoms with E-state index in [4.69, 9.17) is 5.73 Å². The highest BCUT2D eigenvalue weighted by atomic mass is 14.5. The van der Waals surface area contributed by atoms with Gasteiger partial charge in [-0.2, -0.15) is 0 Å². The third-order valence-electron chi connectivity index (χ3n) is 1.58. The van der Waals surface area contributed by atoms with Crippen LogP contribution >= 0.6 is 0 Å². The van der Waals surface area contributed by atoms with Gasteiger partial charge in [0.2, 0.25) is 0 Å². The Hall–Kier alpha value is -0.980. The molecule has 1 nitrogen and oxygen atoms in total. The molecule has 0 aliphatic rings. The van der Waals surface area contributed by atoms with Crippen LogP contribution < -0.4 is 5.73 Å². The fraction of sp³-hybridized carbons (Fsp3) is 0.333. The minimum absolute atomic E-state index is 0.570. The second-order valence-corrected chi connectivity index (χ2v) is 2.78. The molecule has 0 fully saturated rings. The molecule has 10 heavy (non-hydrogen) atoms. The molecule has 0 spiro atoms. The van der Waals surface area contributed by atoms with Crippen molar-refractivity contribution < 1.29 is 0 Å². The molecule has 0 aromatic heterocycles. The van der Waals surface area contributed by atoms with Crippen LogP contribution in [-0.4, -0.2) is 0 Å². The first-order chi connectivity index (χ1) is 4.70. The van der Waals surface area contributed by atoms with Gasteiger partial charge in [0.25, 0.3) is 0 Å². The molecule has 0 amide bonds. The Kier molecular flexibility index (Phi) is 1.95. The molecule has 0 saturated carbocycles. The lowest BCUT2D eigenvalue weighted by molar-refractivity contribution is 0.867. The molecule has 1 radical (unpaired) electrons. The molecule has 0 saturated heterocycles. The van der Waals surface area contributed by atoms with Gasteiger partial charge in [0.05, 0.1) is 5.69 Å². The molecule has 1 rings (SSSR count). The van der Waals surface area contributed by atoms with Gasteiger partial charge >= 0.3 is 0 Å². The Morgan fingerprint density at radius 2 is 1.60 bits per heavy atom. The van der Waals surface area contributed by atoms with E-state index in [-0.39, 0.29) is 0 Å². The molecule has 0 atom stereocenters. The van der Waals surface area contributed by atoms with Gasteiger partial charge in [-0.05, 0) is 23.6 Å². The zero-order valence-corrected chi connectivity index (χ0v) is 6.39. The maximum absolute atomic E-state index is 7.23. The summed E-state index contributed by atoms with van der Waals surface area (Å²) in [4.78, 5) is 0. The number of nitrogens with one attached hydrogen (secondary N) is 1.